The first-order chi connectivity index (χ1) is 11.6. The maximum absolute atomic E-state index is 6.05. The van der Waals surface area contributed by atoms with Gasteiger partial charge in [0, 0.05) is 39.8 Å². The number of aliphatic imine (C=N–C) groups is 1. The minimum atomic E-state index is -0.224. The van der Waals surface area contributed by atoms with E-state index in [9.17, 15) is 0 Å². The van der Waals surface area contributed by atoms with Crippen molar-refractivity contribution in [3.05, 3.63) is 35.9 Å². The van der Waals surface area contributed by atoms with E-state index in [0.717, 1.165) is 32.0 Å². The Morgan fingerprint density at radius 2 is 2.00 bits per heavy atom. The number of hydrogen-bond acceptors (Lipinski definition) is 3. The second-order valence-corrected chi connectivity index (χ2v) is 6.87. The number of ether oxygens (including phenoxy) is 2. The second kappa shape index (κ2) is 11.0. The van der Waals surface area contributed by atoms with Gasteiger partial charge in [0.15, 0.2) is 5.96 Å². The zero-order valence-electron chi connectivity index (χ0n) is 15.7. The van der Waals surface area contributed by atoms with E-state index in [1.165, 1.54) is 5.56 Å². The van der Waals surface area contributed by atoms with Gasteiger partial charge >= 0.3 is 0 Å². The molecule has 1 aromatic rings. The number of guanidine groups is 1. The standard InChI is InChI=1S/C19H31N3O2.HI/c1-19(2,23-4)14-22-18(20-3)21-13-16-11-8-12-24-17(16)15-9-6-5-7-10-15;/h5-7,9-10,16-17H,8,11-14H2,1-4H3,(H2,20,21,22);1H. The van der Waals surface area contributed by atoms with Crippen LogP contribution in [-0.2, 0) is 9.47 Å². The lowest BCUT2D eigenvalue weighted by Crippen LogP contribution is -2.47. The van der Waals surface area contributed by atoms with Crippen LogP contribution in [0.1, 0.15) is 38.4 Å². The Morgan fingerprint density at radius 1 is 1.28 bits per heavy atom. The normalized spacial score (nSPS) is 21.4. The number of methoxy groups -OCH3 is 1. The number of rotatable bonds is 6. The van der Waals surface area contributed by atoms with Crippen LogP contribution in [0.5, 0.6) is 0 Å². The summed E-state index contributed by atoms with van der Waals surface area (Å²) in [6.07, 6.45) is 2.42. The van der Waals surface area contributed by atoms with Crippen LogP contribution in [0, 0.1) is 5.92 Å². The predicted octanol–water partition coefficient (Wildman–Crippen LogP) is 3.36. The van der Waals surface area contributed by atoms with Crippen molar-refractivity contribution >= 4 is 29.9 Å². The molecule has 1 fully saturated rings. The van der Waals surface area contributed by atoms with E-state index >= 15 is 0 Å². The monoisotopic (exact) mass is 461 g/mol. The third-order valence-corrected chi connectivity index (χ3v) is 4.56. The zero-order chi connectivity index (χ0) is 17.4. The lowest BCUT2D eigenvalue weighted by atomic mass is 9.89. The Balaban J connectivity index is 0.00000312. The lowest BCUT2D eigenvalue weighted by molar-refractivity contribution is -0.0266. The quantitative estimate of drug-likeness (QED) is 0.388. The van der Waals surface area contributed by atoms with Crippen molar-refractivity contribution in [1.29, 1.82) is 0 Å². The molecule has 2 rings (SSSR count). The van der Waals surface area contributed by atoms with Crippen LogP contribution in [0.3, 0.4) is 0 Å². The SMILES string of the molecule is CN=C(NCC1CCCOC1c1ccccc1)NCC(C)(C)OC.I. The fourth-order valence-electron chi connectivity index (χ4n) is 2.88. The third kappa shape index (κ3) is 7.11. The molecular weight excluding hydrogens is 429 g/mol. The van der Waals surface area contributed by atoms with Gasteiger partial charge in [-0.2, -0.15) is 0 Å². The highest BCUT2D eigenvalue weighted by Crippen LogP contribution is 2.32. The van der Waals surface area contributed by atoms with Gasteiger partial charge in [-0.15, -0.1) is 24.0 Å². The van der Waals surface area contributed by atoms with Gasteiger partial charge in [0.25, 0.3) is 0 Å². The molecule has 0 amide bonds. The van der Waals surface area contributed by atoms with Crippen molar-refractivity contribution in [2.24, 2.45) is 10.9 Å². The molecule has 1 heterocycles. The van der Waals surface area contributed by atoms with E-state index in [1.807, 2.05) is 19.9 Å². The number of benzene rings is 1. The minimum absolute atomic E-state index is 0. The van der Waals surface area contributed by atoms with Crippen LogP contribution < -0.4 is 10.6 Å². The maximum atomic E-state index is 6.05. The molecule has 0 aliphatic carbocycles. The Morgan fingerprint density at radius 3 is 2.64 bits per heavy atom. The fraction of sp³-hybridized carbons (Fsp3) is 0.632. The van der Waals surface area contributed by atoms with Gasteiger partial charge in [-0.3, -0.25) is 4.99 Å². The number of nitrogens with one attached hydrogen (secondary N) is 2. The van der Waals surface area contributed by atoms with E-state index in [1.54, 1.807) is 14.2 Å². The Labute approximate surface area is 169 Å². The molecule has 1 aliphatic heterocycles. The van der Waals surface area contributed by atoms with E-state index in [-0.39, 0.29) is 35.7 Å². The number of nitrogens with zero attached hydrogens (tertiary/aromatic N) is 1. The van der Waals surface area contributed by atoms with Crippen LogP contribution in [0.25, 0.3) is 0 Å². The molecule has 142 valence electrons. The van der Waals surface area contributed by atoms with Crippen molar-refractivity contribution in [2.75, 3.05) is 33.9 Å². The van der Waals surface area contributed by atoms with Gasteiger partial charge in [0.2, 0.25) is 0 Å². The summed E-state index contributed by atoms with van der Waals surface area (Å²) >= 11 is 0. The van der Waals surface area contributed by atoms with Crippen molar-refractivity contribution in [2.45, 2.75) is 38.4 Å². The molecule has 1 aromatic carbocycles. The average Bonchev–Trinajstić information content (AvgIpc) is 2.63. The smallest absolute Gasteiger partial charge is 0.191 e. The highest BCUT2D eigenvalue weighted by Gasteiger charge is 2.27. The topological polar surface area (TPSA) is 54.9 Å². The molecule has 2 atom stereocenters. The summed E-state index contributed by atoms with van der Waals surface area (Å²) in [7, 11) is 3.52. The van der Waals surface area contributed by atoms with Crippen molar-refractivity contribution in [3.63, 3.8) is 0 Å². The Kier molecular flexibility index (Phi) is 9.74. The Hall–Kier alpha value is -0.860. The molecule has 2 N–H and O–H groups in total. The predicted molar refractivity (Wildman–Crippen MR) is 114 cm³/mol. The molecule has 1 aliphatic rings. The molecule has 5 nitrogen and oxygen atoms in total. The van der Waals surface area contributed by atoms with Gasteiger partial charge in [0.05, 0.1) is 11.7 Å². The highest BCUT2D eigenvalue weighted by molar-refractivity contribution is 14.0. The molecule has 25 heavy (non-hydrogen) atoms. The molecule has 1 saturated heterocycles. The van der Waals surface area contributed by atoms with Crippen molar-refractivity contribution in [3.8, 4) is 0 Å². The van der Waals surface area contributed by atoms with E-state index in [4.69, 9.17) is 9.47 Å². The maximum Gasteiger partial charge on any atom is 0.191 e. The zero-order valence-corrected chi connectivity index (χ0v) is 18.1. The van der Waals surface area contributed by atoms with Gasteiger partial charge in [-0.05, 0) is 32.3 Å². The van der Waals surface area contributed by atoms with Gasteiger partial charge < -0.3 is 20.1 Å². The first kappa shape index (κ1) is 22.2. The summed E-state index contributed by atoms with van der Waals surface area (Å²) in [5, 5.41) is 6.77. The largest absolute Gasteiger partial charge is 0.377 e. The molecule has 6 heteroatoms. The fourth-order valence-corrected chi connectivity index (χ4v) is 2.88. The molecule has 0 aromatic heterocycles. The summed E-state index contributed by atoms with van der Waals surface area (Å²) in [5.74, 6) is 1.24. The summed E-state index contributed by atoms with van der Waals surface area (Å²) < 4.78 is 11.5. The van der Waals surface area contributed by atoms with Gasteiger partial charge in [0.1, 0.15) is 0 Å². The molecule has 0 bridgehead atoms. The highest BCUT2D eigenvalue weighted by atomic mass is 127. The Bertz CT molecular complexity index is 523. The molecule has 0 spiro atoms. The van der Waals surface area contributed by atoms with Crippen LogP contribution in [0.4, 0.5) is 0 Å². The summed E-state index contributed by atoms with van der Waals surface area (Å²) in [6, 6.07) is 10.5. The number of halogens is 1. The van der Waals surface area contributed by atoms with Crippen LogP contribution >= 0.6 is 24.0 Å². The first-order valence-corrected chi connectivity index (χ1v) is 8.72. The van der Waals surface area contributed by atoms with Crippen molar-refractivity contribution < 1.29 is 9.47 Å². The second-order valence-electron chi connectivity index (χ2n) is 6.87. The van der Waals surface area contributed by atoms with Crippen LogP contribution in [0.2, 0.25) is 0 Å². The van der Waals surface area contributed by atoms with E-state index in [0.29, 0.717) is 12.5 Å². The van der Waals surface area contributed by atoms with E-state index in [2.05, 4.69) is 39.9 Å². The molecule has 0 saturated carbocycles. The third-order valence-electron chi connectivity index (χ3n) is 4.56. The molecule has 0 radical (unpaired) electrons. The average molecular weight is 461 g/mol. The summed E-state index contributed by atoms with van der Waals surface area (Å²) in [4.78, 5) is 4.31. The van der Waals surface area contributed by atoms with Crippen LogP contribution in [0.15, 0.2) is 35.3 Å². The van der Waals surface area contributed by atoms with Gasteiger partial charge in [-0.1, -0.05) is 30.3 Å². The molecule has 2 unspecified atom stereocenters. The minimum Gasteiger partial charge on any atom is -0.377 e. The van der Waals surface area contributed by atoms with Crippen LogP contribution in [-0.4, -0.2) is 45.4 Å². The summed E-state index contributed by atoms with van der Waals surface area (Å²) in [5.41, 5.74) is 1.03. The lowest BCUT2D eigenvalue weighted by Gasteiger charge is -2.33. The molecular formula is C19H32IN3O2. The van der Waals surface area contributed by atoms with Crippen molar-refractivity contribution in [1.82, 2.24) is 10.6 Å². The van der Waals surface area contributed by atoms with Gasteiger partial charge in [-0.25, -0.2) is 0 Å². The van der Waals surface area contributed by atoms with E-state index < -0.39 is 0 Å². The summed E-state index contributed by atoms with van der Waals surface area (Å²) in [6.45, 7) is 6.48. The number of hydrogen-bond donors (Lipinski definition) is 2. The first-order valence-electron chi connectivity index (χ1n) is 8.72.